The molecule has 1 aromatic carbocycles. The zero-order valence-electron chi connectivity index (χ0n) is 19.5. The summed E-state index contributed by atoms with van der Waals surface area (Å²) >= 11 is 5.79. The average molecular weight is 448 g/mol. The SMILES string of the molecule is CC(C)(CCCCCCCl)c1cc(O)c2c(c1)OC(C)(C)[C@@H]1CC[C@@H](CN=[N+]=[N-])C[C@@H]21. The van der Waals surface area contributed by atoms with Gasteiger partial charge in [0.15, 0.2) is 0 Å². The van der Waals surface area contributed by atoms with Gasteiger partial charge in [-0.25, -0.2) is 0 Å². The summed E-state index contributed by atoms with van der Waals surface area (Å²) < 4.78 is 6.52. The van der Waals surface area contributed by atoms with E-state index in [0.717, 1.165) is 61.3 Å². The smallest absolute Gasteiger partial charge is 0.127 e. The van der Waals surface area contributed by atoms with Crippen LogP contribution in [0.15, 0.2) is 17.2 Å². The molecule has 0 saturated heterocycles. The molecule has 3 rings (SSSR count). The summed E-state index contributed by atoms with van der Waals surface area (Å²) in [6, 6.07) is 4.14. The first-order valence-electron chi connectivity index (χ1n) is 11.8. The fraction of sp³-hybridized carbons (Fsp3) is 0.760. The van der Waals surface area contributed by atoms with E-state index in [2.05, 4.69) is 43.8 Å². The Labute approximate surface area is 192 Å². The molecule has 3 atom stereocenters. The molecule has 0 unspecified atom stereocenters. The van der Waals surface area contributed by atoms with Crippen LogP contribution in [0.3, 0.4) is 0 Å². The Bertz CT molecular complexity index is 817. The third-order valence-electron chi connectivity index (χ3n) is 7.59. The number of alkyl halides is 1. The molecule has 1 heterocycles. The zero-order chi connectivity index (χ0) is 22.6. The van der Waals surface area contributed by atoms with Crippen molar-refractivity contribution in [1.82, 2.24) is 0 Å². The van der Waals surface area contributed by atoms with Gasteiger partial charge in [0.1, 0.15) is 17.1 Å². The summed E-state index contributed by atoms with van der Waals surface area (Å²) in [7, 11) is 0. The highest BCUT2D eigenvalue weighted by Gasteiger charge is 2.47. The standard InChI is InChI=1S/C25H38ClN3O2/c1-24(2,11-7-5-6-8-12-26)18-14-21(30)23-19-13-17(16-28-29-27)9-10-20(19)25(3,4)31-22(23)15-18/h14-15,17,19-20,30H,5-13,16H2,1-4H3/t17-,19-,20-/m1/s1. The number of ether oxygens (including phenoxy) is 1. The van der Waals surface area contributed by atoms with Gasteiger partial charge in [0.05, 0.1) is 0 Å². The maximum absolute atomic E-state index is 11.1. The van der Waals surface area contributed by atoms with Gasteiger partial charge in [-0.15, -0.1) is 11.6 Å². The van der Waals surface area contributed by atoms with Gasteiger partial charge in [-0.05, 0) is 86.4 Å². The van der Waals surface area contributed by atoms with E-state index in [1.54, 1.807) is 0 Å². The number of unbranched alkanes of at least 4 members (excludes halogenated alkanes) is 3. The van der Waals surface area contributed by atoms with Crippen molar-refractivity contribution in [2.24, 2.45) is 17.0 Å². The van der Waals surface area contributed by atoms with Crippen LogP contribution in [0.1, 0.15) is 96.1 Å². The molecule has 31 heavy (non-hydrogen) atoms. The van der Waals surface area contributed by atoms with Crippen LogP contribution in [0, 0.1) is 11.8 Å². The van der Waals surface area contributed by atoms with E-state index in [1.165, 1.54) is 12.8 Å². The lowest BCUT2D eigenvalue weighted by atomic mass is 9.63. The molecule has 1 aliphatic heterocycles. The van der Waals surface area contributed by atoms with E-state index in [-0.39, 0.29) is 16.9 Å². The quantitative estimate of drug-likeness (QED) is 0.137. The number of hydrogen-bond donors (Lipinski definition) is 1. The molecule has 172 valence electrons. The maximum Gasteiger partial charge on any atom is 0.127 e. The molecular weight excluding hydrogens is 410 g/mol. The lowest BCUT2D eigenvalue weighted by molar-refractivity contribution is -0.0154. The van der Waals surface area contributed by atoms with Crippen LogP contribution in [-0.2, 0) is 5.41 Å². The molecule has 1 aromatic rings. The van der Waals surface area contributed by atoms with Gasteiger partial charge in [0, 0.05) is 28.8 Å². The van der Waals surface area contributed by atoms with E-state index in [9.17, 15) is 5.11 Å². The predicted octanol–water partition coefficient (Wildman–Crippen LogP) is 7.84. The number of phenols is 1. The number of nitrogens with zero attached hydrogens (tertiary/aromatic N) is 3. The van der Waals surface area contributed by atoms with Gasteiger partial charge in [0.25, 0.3) is 0 Å². The van der Waals surface area contributed by atoms with Crippen molar-refractivity contribution < 1.29 is 9.84 Å². The first-order valence-corrected chi connectivity index (χ1v) is 12.4. The number of benzene rings is 1. The maximum atomic E-state index is 11.1. The van der Waals surface area contributed by atoms with Crippen LogP contribution in [-0.4, -0.2) is 23.1 Å². The first kappa shape index (κ1) is 24.1. The molecule has 2 aliphatic rings. The molecule has 0 spiro atoms. The van der Waals surface area contributed by atoms with Gasteiger partial charge in [-0.1, -0.05) is 38.2 Å². The topological polar surface area (TPSA) is 78.2 Å². The fourth-order valence-electron chi connectivity index (χ4n) is 5.70. The van der Waals surface area contributed by atoms with Crippen molar-refractivity contribution in [3.63, 3.8) is 0 Å². The van der Waals surface area contributed by atoms with E-state index in [1.807, 2.05) is 6.07 Å². The molecular formula is C25H38ClN3O2. The minimum absolute atomic E-state index is 0.0333. The number of fused-ring (bicyclic) bond motifs is 3. The van der Waals surface area contributed by atoms with Crippen molar-refractivity contribution >= 4 is 11.6 Å². The van der Waals surface area contributed by atoms with Gasteiger partial charge < -0.3 is 9.84 Å². The summed E-state index contributed by atoms with van der Waals surface area (Å²) in [5.41, 5.74) is 10.5. The number of rotatable bonds is 9. The second-order valence-corrected chi connectivity index (χ2v) is 11.0. The molecule has 1 aliphatic carbocycles. The van der Waals surface area contributed by atoms with Crippen molar-refractivity contribution in [2.45, 2.75) is 96.0 Å². The Balaban J connectivity index is 1.85. The minimum Gasteiger partial charge on any atom is -0.508 e. The van der Waals surface area contributed by atoms with Crippen molar-refractivity contribution in [1.29, 1.82) is 0 Å². The monoisotopic (exact) mass is 447 g/mol. The normalized spacial score (nSPS) is 24.5. The third-order valence-corrected chi connectivity index (χ3v) is 7.85. The highest BCUT2D eigenvalue weighted by atomic mass is 35.5. The molecule has 0 aromatic heterocycles. The Kier molecular flexibility index (Phi) is 7.70. The number of halogens is 1. The van der Waals surface area contributed by atoms with Crippen LogP contribution in [0.25, 0.3) is 10.4 Å². The van der Waals surface area contributed by atoms with Crippen LogP contribution in [0.5, 0.6) is 11.5 Å². The Morgan fingerprint density at radius 1 is 1.23 bits per heavy atom. The molecule has 0 bridgehead atoms. The molecule has 1 N–H and O–H groups in total. The van der Waals surface area contributed by atoms with Crippen LogP contribution >= 0.6 is 11.6 Å². The minimum atomic E-state index is -0.280. The van der Waals surface area contributed by atoms with Gasteiger partial charge in [-0.2, -0.15) is 0 Å². The van der Waals surface area contributed by atoms with Crippen LogP contribution in [0.2, 0.25) is 0 Å². The van der Waals surface area contributed by atoms with Gasteiger partial charge in [-0.3, -0.25) is 0 Å². The fourth-order valence-corrected chi connectivity index (χ4v) is 5.89. The van der Waals surface area contributed by atoms with Crippen molar-refractivity contribution in [3.05, 3.63) is 33.7 Å². The van der Waals surface area contributed by atoms with E-state index >= 15 is 0 Å². The van der Waals surface area contributed by atoms with Crippen LogP contribution < -0.4 is 4.74 Å². The summed E-state index contributed by atoms with van der Waals surface area (Å²) in [6.07, 6.45) is 8.65. The Hall–Kier alpha value is -1.58. The predicted molar refractivity (Wildman–Crippen MR) is 127 cm³/mol. The number of azide groups is 1. The molecule has 5 nitrogen and oxygen atoms in total. The molecule has 0 radical (unpaired) electrons. The second-order valence-electron chi connectivity index (χ2n) is 10.7. The highest BCUT2D eigenvalue weighted by molar-refractivity contribution is 6.17. The number of hydrogen-bond acceptors (Lipinski definition) is 3. The largest absolute Gasteiger partial charge is 0.508 e. The summed E-state index contributed by atoms with van der Waals surface area (Å²) in [5.74, 6) is 2.88. The zero-order valence-corrected chi connectivity index (χ0v) is 20.3. The molecule has 0 amide bonds. The Morgan fingerprint density at radius 2 is 1.97 bits per heavy atom. The van der Waals surface area contributed by atoms with Gasteiger partial charge in [0.2, 0.25) is 0 Å². The van der Waals surface area contributed by atoms with Gasteiger partial charge >= 0.3 is 0 Å². The molecule has 1 fully saturated rings. The van der Waals surface area contributed by atoms with E-state index < -0.39 is 0 Å². The van der Waals surface area contributed by atoms with E-state index in [0.29, 0.717) is 24.1 Å². The third kappa shape index (κ3) is 5.43. The highest BCUT2D eigenvalue weighted by Crippen LogP contribution is 2.56. The van der Waals surface area contributed by atoms with Crippen LogP contribution in [0.4, 0.5) is 0 Å². The Morgan fingerprint density at radius 3 is 2.68 bits per heavy atom. The first-order chi connectivity index (χ1) is 14.7. The molecule has 1 saturated carbocycles. The molecule has 6 heteroatoms. The lowest BCUT2D eigenvalue weighted by Gasteiger charge is -2.49. The van der Waals surface area contributed by atoms with E-state index in [4.69, 9.17) is 21.9 Å². The average Bonchev–Trinajstić information content (AvgIpc) is 2.71. The van der Waals surface area contributed by atoms with Crippen molar-refractivity contribution in [3.8, 4) is 11.5 Å². The summed E-state index contributed by atoms with van der Waals surface area (Å²) in [6.45, 7) is 9.39. The lowest BCUT2D eigenvalue weighted by Crippen LogP contribution is -2.47. The number of aromatic hydroxyl groups is 1. The summed E-state index contributed by atoms with van der Waals surface area (Å²) in [5, 5.41) is 15.0. The summed E-state index contributed by atoms with van der Waals surface area (Å²) in [4.78, 5) is 2.95. The second kappa shape index (κ2) is 9.92. The number of phenolic OH excluding ortho intramolecular Hbond substituents is 1. The van der Waals surface area contributed by atoms with Crippen molar-refractivity contribution in [2.75, 3.05) is 12.4 Å².